The number of hydrogen-bond acceptors (Lipinski definition) is 2. The maximum atomic E-state index is 11.5. The lowest BCUT2D eigenvalue weighted by molar-refractivity contribution is -0.129. The summed E-state index contributed by atoms with van der Waals surface area (Å²) < 4.78 is 5.55. The predicted molar refractivity (Wildman–Crippen MR) is 72.7 cm³/mol. The average Bonchev–Trinajstić information content (AvgIpc) is 2.32. The Hall–Kier alpha value is -1.03. The van der Waals surface area contributed by atoms with Crippen LogP contribution >= 0.6 is 15.9 Å². The van der Waals surface area contributed by atoms with Gasteiger partial charge in [0.2, 0.25) is 5.91 Å². The van der Waals surface area contributed by atoms with Gasteiger partial charge in [-0.3, -0.25) is 4.79 Å². The van der Waals surface area contributed by atoms with Crippen molar-refractivity contribution in [2.24, 2.45) is 0 Å². The Morgan fingerprint density at radius 1 is 1.35 bits per heavy atom. The van der Waals surface area contributed by atoms with Crippen LogP contribution in [-0.4, -0.2) is 36.3 Å². The van der Waals surface area contributed by atoms with Gasteiger partial charge in [0.25, 0.3) is 0 Å². The number of benzene rings is 1. The van der Waals surface area contributed by atoms with Crippen LogP contribution in [0.4, 0.5) is 0 Å². The van der Waals surface area contributed by atoms with Crippen molar-refractivity contribution in [2.75, 3.05) is 25.5 Å². The number of amides is 1. The van der Waals surface area contributed by atoms with Gasteiger partial charge < -0.3 is 9.64 Å². The fourth-order valence-electron chi connectivity index (χ4n) is 1.33. The van der Waals surface area contributed by atoms with E-state index in [1.165, 1.54) is 5.56 Å². The molecule has 0 heterocycles. The first kappa shape index (κ1) is 14.0. The lowest BCUT2D eigenvalue weighted by atomic mass is 10.2. The molecule has 0 N–H and O–H groups in total. The minimum Gasteiger partial charge on any atom is -0.492 e. The normalized spacial score (nSPS) is 10.1. The van der Waals surface area contributed by atoms with Crippen molar-refractivity contribution in [3.63, 3.8) is 0 Å². The third kappa shape index (κ3) is 5.22. The Balaban J connectivity index is 2.27. The second-order valence-electron chi connectivity index (χ2n) is 3.92. The molecule has 0 atom stereocenters. The molecule has 4 heteroatoms. The largest absolute Gasteiger partial charge is 0.492 e. The van der Waals surface area contributed by atoms with Crippen molar-refractivity contribution >= 4 is 21.8 Å². The van der Waals surface area contributed by atoms with E-state index in [2.05, 4.69) is 15.9 Å². The van der Waals surface area contributed by atoms with Crippen molar-refractivity contribution in [1.82, 2.24) is 4.90 Å². The molecule has 94 valence electrons. The zero-order valence-corrected chi connectivity index (χ0v) is 11.9. The van der Waals surface area contributed by atoms with Crippen LogP contribution in [0.3, 0.4) is 0 Å². The van der Waals surface area contributed by atoms with Crippen molar-refractivity contribution < 1.29 is 9.53 Å². The lowest BCUT2D eigenvalue weighted by Gasteiger charge is -2.16. The summed E-state index contributed by atoms with van der Waals surface area (Å²) >= 11 is 3.25. The summed E-state index contributed by atoms with van der Waals surface area (Å²) in [5.41, 5.74) is 1.21. The summed E-state index contributed by atoms with van der Waals surface area (Å²) in [7, 11) is 1.80. The van der Waals surface area contributed by atoms with E-state index in [1.807, 2.05) is 31.2 Å². The van der Waals surface area contributed by atoms with Crippen LogP contribution in [0.2, 0.25) is 0 Å². The summed E-state index contributed by atoms with van der Waals surface area (Å²) in [6.45, 7) is 3.17. The van der Waals surface area contributed by atoms with E-state index in [0.29, 0.717) is 24.9 Å². The first-order chi connectivity index (χ1) is 8.13. The predicted octanol–water partition coefficient (Wildman–Crippen LogP) is 2.62. The lowest BCUT2D eigenvalue weighted by Crippen LogP contribution is -2.30. The van der Waals surface area contributed by atoms with Crippen molar-refractivity contribution in [1.29, 1.82) is 0 Å². The molecule has 0 saturated carbocycles. The Morgan fingerprint density at radius 2 is 2.00 bits per heavy atom. The highest BCUT2D eigenvalue weighted by molar-refractivity contribution is 9.09. The number of ether oxygens (including phenoxy) is 1. The van der Waals surface area contributed by atoms with Crippen molar-refractivity contribution in [2.45, 2.75) is 13.3 Å². The molecule has 0 saturated heterocycles. The minimum atomic E-state index is 0.134. The van der Waals surface area contributed by atoms with Crippen molar-refractivity contribution in [3.8, 4) is 5.75 Å². The SMILES string of the molecule is Cc1ccc(OCCN(C)C(=O)CCBr)cc1. The van der Waals surface area contributed by atoms with Crippen LogP contribution in [-0.2, 0) is 4.79 Å². The van der Waals surface area contributed by atoms with E-state index in [-0.39, 0.29) is 5.91 Å². The van der Waals surface area contributed by atoms with Gasteiger partial charge in [-0.05, 0) is 19.1 Å². The Bertz CT molecular complexity index is 351. The molecular weight excluding hydrogens is 282 g/mol. The molecule has 0 bridgehead atoms. The summed E-state index contributed by atoms with van der Waals surface area (Å²) in [5.74, 6) is 0.978. The molecular formula is C13H18BrNO2. The molecule has 0 aromatic heterocycles. The number of nitrogens with zero attached hydrogens (tertiary/aromatic N) is 1. The number of alkyl halides is 1. The van der Waals surface area contributed by atoms with Crippen LogP contribution in [0, 0.1) is 6.92 Å². The first-order valence-electron chi connectivity index (χ1n) is 5.63. The number of carbonyl (C=O) groups is 1. The molecule has 0 spiro atoms. The highest BCUT2D eigenvalue weighted by atomic mass is 79.9. The topological polar surface area (TPSA) is 29.5 Å². The number of hydrogen-bond donors (Lipinski definition) is 0. The standard InChI is InChI=1S/C13H18BrNO2/c1-11-3-5-12(6-4-11)17-10-9-15(2)13(16)7-8-14/h3-6H,7-10H2,1-2H3. The third-order valence-corrected chi connectivity index (χ3v) is 2.85. The van der Waals surface area contributed by atoms with Crippen LogP contribution in [0.15, 0.2) is 24.3 Å². The second-order valence-corrected chi connectivity index (χ2v) is 4.71. The van der Waals surface area contributed by atoms with Crippen LogP contribution < -0.4 is 4.74 Å². The summed E-state index contributed by atoms with van der Waals surface area (Å²) in [6, 6.07) is 7.90. The quantitative estimate of drug-likeness (QED) is 0.756. The summed E-state index contributed by atoms with van der Waals surface area (Å²) in [5, 5.41) is 0.703. The average molecular weight is 300 g/mol. The molecule has 0 radical (unpaired) electrons. The van der Waals surface area contributed by atoms with Gasteiger partial charge in [-0.2, -0.15) is 0 Å². The summed E-state index contributed by atoms with van der Waals surface area (Å²) in [6.07, 6.45) is 0.529. The molecule has 0 aliphatic heterocycles. The fourth-order valence-corrected chi connectivity index (χ4v) is 1.67. The Kier molecular flexibility index (Phi) is 6.05. The molecule has 17 heavy (non-hydrogen) atoms. The van der Waals surface area contributed by atoms with Gasteiger partial charge in [0.15, 0.2) is 0 Å². The van der Waals surface area contributed by atoms with E-state index >= 15 is 0 Å². The fraction of sp³-hybridized carbons (Fsp3) is 0.462. The Labute approximate surface area is 111 Å². The second kappa shape index (κ2) is 7.33. The molecule has 0 aliphatic carbocycles. The van der Waals surface area contributed by atoms with E-state index in [4.69, 9.17) is 4.74 Å². The van der Waals surface area contributed by atoms with E-state index in [1.54, 1.807) is 11.9 Å². The number of carbonyl (C=O) groups excluding carboxylic acids is 1. The Morgan fingerprint density at radius 3 is 2.59 bits per heavy atom. The van der Waals surface area contributed by atoms with Gasteiger partial charge in [-0.15, -0.1) is 0 Å². The zero-order chi connectivity index (χ0) is 12.7. The van der Waals surface area contributed by atoms with Crippen LogP contribution in [0.1, 0.15) is 12.0 Å². The minimum absolute atomic E-state index is 0.134. The van der Waals surface area contributed by atoms with Crippen molar-refractivity contribution in [3.05, 3.63) is 29.8 Å². The van der Waals surface area contributed by atoms with Gasteiger partial charge in [0.1, 0.15) is 12.4 Å². The van der Waals surface area contributed by atoms with Gasteiger partial charge in [0, 0.05) is 18.8 Å². The zero-order valence-electron chi connectivity index (χ0n) is 10.3. The van der Waals surface area contributed by atoms with Crippen LogP contribution in [0.25, 0.3) is 0 Å². The maximum Gasteiger partial charge on any atom is 0.223 e. The first-order valence-corrected chi connectivity index (χ1v) is 6.75. The van der Waals surface area contributed by atoms with E-state index in [9.17, 15) is 4.79 Å². The molecule has 1 amide bonds. The van der Waals surface area contributed by atoms with Crippen LogP contribution in [0.5, 0.6) is 5.75 Å². The maximum absolute atomic E-state index is 11.5. The molecule has 1 aromatic carbocycles. The van der Waals surface area contributed by atoms with Gasteiger partial charge in [0.05, 0.1) is 6.54 Å². The highest BCUT2D eigenvalue weighted by Gasteiger charge is 2.06. The third-order valence-electron chi connectivity index (χ3n) is 2.45. The summed E-state index contributed by atoms with van der Waals surface area (Å²) in [4.78, 5) is 13.2. The highest BCUT2D eigenvalue weighted by Crippen LogP contribution is 2.11. The molecule has 3 nitrogen and oxygen atoms in total. The molecule has 0 fully saturated rings. The molecule has 0 unspecified atom stereocenters. The number of likely N-dealkylation sites (N-methyl/N-ethyl adjacent to an activating group) is 1. The van der Waals surface area contributed by atoms with Gasteiger partial charge in [-0.1, -0.05) is 33.6 Å². The van der Waals surface area contributed by atoms with E-state index in [0.717, 1.165) is 5.75 Å². The monoisotopic (exact) mass is 299 g/mol. The number of rotatable bonds is 6. The molecule has 0 aliphatic rings. The molecule has 1 aromatic rings. The molecule has 1 rings (SSSR count). The smallest absolute Gasteiger partial charge is 0.223 e. The number of halogens is 1. The van der Waals surface area contributed by atoms with Gasteiger partial charge >= 0.3 is 0 Å². The van der Waals surface area contributed by atoms with Gasteiger partial charge in [-0.25, -0.2) is 0 Å². The van der Waals surface area contributed by atoms with E-state index < -0.39 is 0 Å². The number of aryl methyl sites for hydroxylation is 1.